The molecular weight excluding hydrogens is 397 g/mol. The van der Waals surface area contributed by atoms with Crippen LogP contribution >= 0.6 is 23.2 Å². The third-order valence-corrected chi connectivity index (χ3v) is 4.48. The smallest absolute Gasteiger partial charge is 0.227 e. The molecule has 0 aliphatic carbocycles. The number of rotatable bonds is 9. The minimum absolute atomic E-state index is 0.0785. The average molecular weight is 418 g/mol. The van der Waals surface area contributed by atoms with Gasteiger partial charge in [-0.1, -0.05) is 41.4 Å². The quantitative estimate of drug-likeness (QED) is 0.657. The maximum atomic E-state index is 12.5. The number of anilines is 1. The van der Waals surface area contributed by atoms with Crippen molar-refractivity contribution in [2.24, 2.45) is 0 Å². The molecule has 0 saturated heterocycles. The van der Waals surface area contributed by atoms with Crippen LogP contribution in [-0.2, 0) is 16.0 Å². The van der Waals surface area contributed by atoms with Crippen LogP contribution in [-0.4, -0.2) is 24.9 Å². The van der Waals surface area contributed by atoms with Crippen LogP contribution in [0, 0.1) is 11.3 Å². The monoisotopic (exact) mass is 417 g/mol. The highest BCUT2D eigenvalue weighted by Gasteiger charge is 2.16. The molecule has 0 aliphatic heterocycles. The molecule has 2 aromatic rings. The number of para-hydroxylation sites is 1. The lowest BCUT2D eigenvalue weighted by Crippen LogP contribution is -2.33. The summed E-state index contributed by atoms with van der Waals surface area (Å²) in [6.07, 6.45) is 0.994. The number of hydrogen-bond donors (Lipinski definition) is 1. The highest BCUT2D eigenvalue weighted by molar-refractivity contribution is 6.34. The average Bonchev–Trinajstić information content (AvgIpc) is 2.67. The highest BCUT2D eigenvalue weighted by Crippen LogP contribution is 2.19. The van der Waals surface area contributed by atoms with Crippen LogP contribution in [0.1, 0.15) is 24.8 Å². The van der Waals surface area contributed by atoms with E-state index in [4.69, 9.17) is 28.5 Å². The molecule has 28 heavy (non-hydrogen) atoms. The Labute approximate surface area is 174 Å². The largest absolute Gasteiger partial charge is 0.356 e. The fourth-order valence-corrected chi connectivity index (χ4v) is 3.28. The van der Waals surface area contributed by atoms with E-state index in [1.54, 1.807) is 23.1 Å². The predicted octanol–water partition coefficient (Wildman–Crippen LogP) is 4.38. The number of amides is 2. The third kappa shape index (κ3) is 7.22. The van der Waals surface area contributed by atoms with Gasteiger partial charge in [0.1, 0.15) is 0 Å². The summed E-state index contributed by atoms with van der Waals surface area (Å²) in [5.41, 5.74) is 1.65. The lowest BCUT2D eigenvalue weighted by atomic mass is 10.1. The normalized spacial score (nSPS) is 10.2. The van der Waals surface area contributed by atoms with E-state index in [2.05, 4.69) is 5.32 Å². The summed E-state index contributed by atoms with van der Waals surface area (Å²) in [7, 11) is 0. The molecule has 0 atom stereocenters. The van der Waals surface area contributed by atoms with E-state index < -0.39 is 0 Å². The van der Waals surface area contributed by atoms with Gasteiger partial charge < -0.3 is 10.2 Å². The van der Waals surface area contributed by atoms with Crippen LogP contribution in [0.25, 0.3) is 0 Å². The Morgan fingerprint density at radius 1 is 1.04 bits per heavy atom. The summed E-state index contributed by atoms with van der Waals surface area (Å²) < 4.78 is 0. The van der Waals surface area contributed by atoms with Crippen molar-refractivity contribution in [1.29, 1.82) is 5.26 Å². The Bertz CT molecular complexity index is 830. The van der Waals surface area contributed by atoms with E-state index in [1.165, 1.54) is 0 Å². The van der Waals surface area contributed by atoms with Crippen LogP contribution < -0.4 is 10.2 Å². The number of nitrogens with zero attached hydrogens (tertiary/aromatic N) is 2. The first kappa shape index (κ1) is 21.7. The molecule has 0 heterocycles. The Morgan fingerprint density at radius 2 is 1.71 bits per heavy atom. The molecule has 0 aliphatic rings. The zero-order chi connectivity index (χ0) is 20.4. The molecule has 5 nitrogen and oxygen atoms in total. The summed E-state index contributed by atoms with van der Waals surface area (Å²) in [6.45, 7) is 0.733. The standard InChI is InChI=1S/C21H21Cl2N3O2/c22-17-13-16(14-18(23)15-17)9-11-25-20(27)7-8-21(28)26(12-4-10-24)19-5-2-1-3-6-19/h1-3,5-6,13-15H,4,7-9,11-12H2,(H,25,27). The number of nitrogens with one attached hydrogen (secondary N) is 1. The molecule has 1 N–H and O–H groups in total. The van der Waals surface area contributed by atoms with Crippen molar-refractivity contribution in [3.05, 3.63) is 64.1 Å². The zero-order valence-electron chi connectivity index (χ0n) is 15.3. The van der Waals surface area contributed by atoms with Crippen molar-refractivity contribution in [2.45, 2.75) is 25.7 Å². The van der Waals surface area contributed by atoms with Gasteiger partial charge in [0.2, 0.25) is 11.8 Å². The van der Waals surface area contributed by atoms with Gasteiger partial charge in [0.05, 0.1) is 12.5 Å². The summed E-state index contributed by atoms with van der Waals surface area (Å²) in [5.74, 6) is -0.381. The number of carbonyl (C=O) groups is 2. The first-order chi connectivity index (χ1) is 13.5. The maximum absolute atomic E-state index is 12.5. The Kier molecular flexibility index (Phi) is 8.80. The second-order valence-electron chi connectivity index (χ2n) is 6.17. The van der Waals surface area contributed by atoms with Gasteiger partial charge >= 0.3 is 0 Å². The third-order valence-electron chi connectivity index (χ3n) is 4.04. The lowest BCUT2D eigenvalue weighted by Gasteiger charge is -2.21. The van der Waals surface area contributed by atoms with Crippen LogP contribution in [0.2, 0.25) is 10.0 Å². The molecule has 2 rings (SSSR count). The topological polar surface area (TPSA) is 73.2 Å². The molecule has 0 aromatic heterocycles. The van der Waals surface area contributed by atoms with Crippen LogP contribution in [0.4, 0.5) is 5.69 Å². The van der Waals surface area contributed by atoms with Crippen LogP contribution in [0.3, 0.4) is 0 Å². The summed E-state index contributed by atoms with van der Waals surface area (Å²) in [4.78, 5) is 26.1. The number of benzene rings is 2. The van der Waals surface area contributed by atoms with Crippen LogP contribution in [0.5, 0.6) is 0 Å². The lowest BCUT2D eigenvalue weighted by molar-refractivity contribution is -0.125. The van der Waals surface area contributed by atoms with E-state index >= 15 is 0 Å². The molecule has 2 aromatic carbocycles. The van der Waals surface area contributed by atoms with Gasteiger partial charge in [0.15, 0.2) is 0 Å². The maximum Gasteiger partial charge on any atom is 0.227 e. The SMILES string of the molecule is N#CCCN(C(=O)CCC(=O)NCCc1cc(Cl)cc(Cl)c1)c1ccccc1. The van der Waals surface area contributed by atoms with Gasteiger partial charge in [-0.3, -0.25) is 9.59 Å². The fourth-order valence-electron chi connectivity index (χ4n) is 2.71. The fraction of sp³-hybridized carbons (Fsp3) is 0.286. The Morgan fingerprint density at radius 3 is 2.36 bits per heavy atom. The second kappa shape index (κ2) is 11.3. The predicted molar refractivity (Wildman–Crippen MR) is 111 cm³/mol. The van der Waals surface area contributed by atoms with Crippen molar-refractivity contribution in [3.8, 4) is 6.07 Å². The molecule has 0 unspecified atom stereocenters. The molecule has 0 fully saturated rings. The first-order valence-corrected chi connectivity index (χ1v) is 9.69. The van der Waals surface area contributed by atoms with Gasteiger partial charge in [0, 0.05) is 41.7 Å². The Balaban J connectivity index is 1.81. The van der Waals surface area contributed by atoms with Crippen molar-refractivity contribution >= 4 is 40.7 Å². The van der Waals surface area contributed by atoms with Crippen molar-refractivity contribution in [1.82, 2.24) is 5.32 Å². The van der Waals surface area contributed by atoms with Gasteiger partial charge in [-0.05, 0) is 42.3 Å². The minimum atomic E-state index is -0.199. The minimum Gasteiger partial charge on any atom is -0.356 e. The number of carbonyl (C=O) groups excluding carboxylic acids is 2. The van der Waals surface area contributed by atoms with Crippen LogP contribution in [0.15, 0.2) is 48.5 Å². The van der Waals surface area contributed by atoms with Gasteiger partial charge in [0.25, 0.3) is 0 Å². The summed E-state index contributed by atoms with van der Waals surface area (Å²) in [6, 6.07) is 16.4. The van der Waals surface area contributed by atoms with Crippen molar-refractivity contribution in [3.63, 3.8) is 0 Å². The molecule has 0 radical (unpaired) electrons. The summed E-state index contributed by atoms with van der Waals surface area (Å²) >= 11 is 11.9. The summed E-state index contributed by atoms with van der Waals surface area (Å²) in [5, 5.41) is 12.7. The highest BCUT2D eigenvalue weighted by atomic mass is 35.5. The number of hydrogen-bond acceptors (Lipinski definition) is 3. The number of halogens is 2. The molecule has 0 spiro atoms. The van der Waals surface area contributed by atoms with E-state index in [1.807, 2.05) is 36.4 Å². The first-order valence-electron chi connectivity index (χ1n) is 8.93. The zero-order valence-corrected chi connectivity index (χ0v) is 16.8. The second-order valence-corrected chi connectivity index (χ2v) is 7.04. The van der Waals surface area contributed by atoms with E-state index in [-0.39, 0.29) is 31.1 Å². The molecule has 0 bridgehead atoms. The van der Waals surface area contributed by atoms with Gasteiger partial charge in [-0.15, -0.1) is 0 Å². The number of nitriles is 1. The van der Waals surface area contributed by atoms with Gasteiger partial charge in [-0.25, -0.2) is 0 Å². The van der Waals surface area contributed by atoms with E-state index in [0.717, 1.165) is 11.3 Å². The molecule has 2 amide bonds. The van der Waals surface area contributed by atoms with E-state index in [0.29, 0.717) is 29.6 Å². The molecule has 146 valence electrons. The molecule has 7 heteroatoms. The van der Waals surface area contributed by atoms with E-state index in [9.17, 15) is 9.59 Å². The van der Waals surface area contributed by atoms with Crippen molar-refractivity contribution in [2.75, 3.05) is 18.0 Å². The van der Waals surface area contributed by atoms with Gasteiger partial charge in [-0.2, -0.15) is 5.26 Å². The van der Waals surface area contributed by atoms with Crippen molar-refractivity contribution < 1.29 is 9.59 Å². The Hall–Kier alpha value is -2.55. The molecule has 0 saturated carbocycles. The molecular formula is C21H21Cl2N3O2.